The molecule has 0 fully saturated rings. The van der Waals surface area contributed by atoms with Gasteiger partial charge < -0.3 is 9.84 Å². The molecule has 0 radical (unpaired) electrons. The second-order valence-corrected chi connectivity index (χ2v) is 1.59. The number of hydrogen-bond acceptors (Lipinski definition) is 3. The smallest absolute Gasteiger partial charge is 0.877 e. The molecule has 0 saturated heterocycles. The predicted octanol–water partition coefficient (Wildman–Crippen LogP) is -3.01. The van der Waals surface area contributed by atoms with Crippen molar-refractivity contribution in [2.24, 2.45) is 0 Å². The summed E-state index contributed by atoms with van der Waals surface area (Å²) < 4.78 is 4.36. The van der Waals surface area contributed by atoms with Gasteiger partial charge in [0.05, 0.1) is 6.61 Å². The molecule has 5 heteroatoms. The van der Waals surface area contributed by atoms with Gasteiger partial charge in [-0.25, -0.2) is 4.79 Å². The minimum Gasteiger partial charge on any atom is -0.877 e. The SMILES string of the molecule is CCOC(=O)/C(Cl)=C\[O-].[K+]. The molecule has 3 nitrogen and oxygen atoms in total. The van der Waals surface area contributed by atoms with Gasteiger partial charge in [0.1, 0.15) is 5.03 Å². The zero-order valence-electron chi connectivity index (χ0n) is 5.89. The number of carbonyl (C=O) groups excluding carboxylic acids is 1. The fourth-order valence-corrected chi connectivity index (χ4v) is 0.303. The summed E-state index contributed by atoms with van der Waals surface area (Å²) in [7, 11) is 0. The molecule has 0 spiro atoms. The monoisotopic (exact) mass is 188 g/mol. The van der Waals surface area contributed by atoms with Gasteiger partial charge in [0.25, 0.3) is 0 Å². The summed E-state index contributed by atoms with van der Waals surface area (Å²) in [6, 6.07) is 0. The van der Waals surface area contributed by atoms with Gasteiger partial charge in [-0.3, -0.25) is 0 Å². The molecule has 0 aromatic carbocycles. The van der Waals surface area contributed by atoms with Crippen LogP contribution in [0.2, 0.25) is 0 Å². The third-order valence-electron chi connectivity index (χ3n) is 0.574. The molecular weight excluding hydrogens is 183 g/mol. The first-order valence-electron chi connectivity index (χ1n) is 2.37. The molecule has 0 N–H and O–H groups in total. The van der Waals surface area contributed by atoms with Gasteiger partial charge in [0, 0.05) is 0 Å². The Bertz CT molecular complexity index is 135. The van der Waals surface area contributed by atoms with Crippen molar-refractivity contribution < 1.29 is 66.0 Å². The molecule has 10 heavy (non-hydrogen) atoms. The Morgan fingerprint density at radius 3 is 2.60 bits per heavy atom. The van der Waals surface area contributed by atoms with Crippen LogP contribution in [-0.2, 0) is 9.53 Å². The largest absolute Gasteiger partial charge is 1.00 e. The molecular formula is C5H6ClKO3. The molecule has 0 heterocycles. The molecule has 0 aliphatic carbocycles. The van der Waals surface area contributed by atoms with Gasteiger partial charge >= 0.3 is 57.4 Å². The van der Waals surface area contributed by atoms with Crippen molar-refractivity contribution in [2.45, 2.75) is 6.92 Å². The van der Waals surface area contributed by atoms with Gasteiger partial charge in [0.15, 0.2) is 0 Å². The fraction of sp³-hybridized carbons (Fsp3) is 0.400. The number of ether oxygens (including phenoxy) is 1. The van der Waals surface area contributed by atoms with Crippen molar-refractivity contribution in [3.63, 3.8) is 0 Å². The number of halogens is 1. The van der Waals surface area contributed by atoms with E-state index in [0.29, 0.717) is 0 Å². The zero-order chi connectivity index (χ0) is 7.28. The van der Waals surface area contributed by atoms with Crippen molar-refractivity contribution in [1.29, 1.82) is 0 Å². The van der Waals surface area contributed by atoms with E-state index in [2.05, 4.69) is 4.74 Å². The summed E-state index contributed by atoms with van der Waals surface area (Å²) in [6.45, 7) is 1.86. The van der Waals surface area contributed by atoms with Crippen LogP contribution in [0.3, 0.4) is 0 Å². The van der Waals surface area contributed by atoms with Gasteiger partial charge in [-0.05, 0) is 6.92 Å². The van der Waals surface area contributed by atoms with Gasteiger partial charge in [-0.1, -0.05) is 11.6 Å². The Kier molecular flexibility index (Phi) is 10.9. The molecule has 0 aliphatic rings. The molecule has 0 rings (SSSR count). The Labute approximate surface area is 107 Å². The minimum atomic E-state index is -0.769. The number of carbonyl (C=O) groups is 1. The van der Waals surface area contributed by atoms with E-state index in [0.717, 1.165) is 0 Å². The quantitative estimate of drug-likeness (QED) is 0.201. The van der Waals surface area contributed by atoms with Crippen molar-refractivity contribution in [1.82, 2.24) is 0 Å². The Hall–Kier alpha value is 0.936. The van der Waals surface area contributed by atoms with Crippen molar-refractivity contribution >= 4 is 17.6 Å². The van der Waals surface area contributed by atoms with Crippen LogP contribution in [0.5, 0.6) is 0 Å². The summed E-state index contributed by atoms with van der Waals surface area (Å²) in [5, 5.41) is 9.33. The molecule has 0 aromatic heterocycles. The topological polar surface area (TPSA) is 49.4 Å². The van der Waals surface area contributed by atoms with E-state index in [4.69, 9.17) is 11.6 Å². The first-order chi connectivity index (χ1) is 4.22. The van der Waals surface area contributed by atoms with Crippen LogP contribution >= 0.6 is 11.6 Å². The maximum atomic E-state index is 10.4. The van der Waals surface area contributed by atoms with E-state index in [9.17, 15) is 9.90 Å². The molecule has 0 saturated carbocycles. The first-order valence-corrected chi connectivity index (χ1v) is 2.75. The van der Waals surface area contributed by atoms with E-state index in [1.165, 1.54) is 0 Å². The van der Waals surface area contributed by atoms with Gasteiger partial charge in [-0.15, -0.1) is 6.26 Å². The molecule has 0 atom stereocenters. The van der Waals surface area contributed by atoms with E-state index < -0.39 is 11.0 Å². The second-order valence-electron chi connectivity index (χ2n) is 1.19. The minimum absolute atomic E-state index is 0. The Morgan fingerprint density at radius 1 is 1.80 bits per heavy atom. The normalized spacial score (nSPS) is 10.0. The third kappa shape index (κ3) is 5.70. The predicted molar refractivity (Wildman–Crippen MR) is 30.6 cm³/mol. The maximum absolute atomic E-state index is 10.4. The maximum Gasteiger partial charge on any atom is 1.00 e. The molecule has 52 valence electrons. The van der Waals surface area contributed by atoms with Crippen molar-refractivity contribution in [2.75, 3.05) is 6.61 Å². The molecule has 0 bridgehead atoms. The Balaban J connectivity index is 0. The second kappa shape index (κ2) is 8.04. The average Bonchev–Trinajstić information content (AvgIpc) is 1.87. The van der Waals surface area contributed by atoms with Crippen molar-refractivity contribution in [3.8, 4) is 0 Å². The fourth-order valence-electron chi connectivity index (χ4n) is 0.248. The molecule has 0 unspecified atom stereocenters. The third-order valence-corrected chi connectivity index (χ3v) is 0.817. The van der Waals surface area contributed by atoms with E-state index in [-0.39, 0.29) is 64.3 Å². The van der Waals surface area contributed by atoms with Crippen LogP contribution in [0.4, 0.5) is 0 Å². The van der Waals surface area contributed by atoms with E-state index >= 15 is 0 Å². The van der Waals surface area contributed by atoms with Gasteiger partial charge in [0.2, 0.25) is 0 Å². The van der Waals surface area contributed by atoms with Gasteiger partial charge in [-0.2, -0.15) is 0 Å². The number of rotatable bonds is 2. The Morgan fingerprint density at radius 2 is 2.30 bits per heavy atom. The summed E-state index contributed by atoms with van der Waals surface area (Å²) in [6.07, 6.45) is 0.250. The van der Waals surface area contributed by atoms with Crippen LogP contribution < -0.4 is 56.5 Å². The average molecular weight is 189 g/mol. The first kappa shape index (κ1) is 13.5. The summed E-state index contributed by atoms with van der Waals surface area (Å²) >= 11 is 5.07. The zero-order valence-corrected chi connectivity index (χ0v) is 9.77. The van der Waals surface area contributed by atoms with E-state index in [1.54, 1.807) is 6.92 Å². The van der Waals surface area contributed by atoms with Crippen LogP contribution in [-0.4, -0.2) is 12.6 Å². The standard InChI is InChI=1S/C5H7ClO3.K/c1-2-9-5(8)4(6)3-7;/h3,7H,2H2,1H3;/q;+1/p-1/b4-3+;. The van der Waals surface area contributed by atoms with Crippen molar-refractivity contribution in [3.05, 3.63) is 11.3 Å². The molecule has 0 amide bonds. The van der Waals surface area contributed by atoms with Crippen LogP contribution in [0.25, 0.3) is 0 Å². The molecule has 0 aromatic rings. The van der Waals surface area contributed by atoms with E-state index in [1.807, 2.05) is 0 Å². The molecule has 0 aliphatic heterocycles. The summed E-state index contributed by atoms with van der Waals surface area (Å²) in [4.78, 5) is 10.4. The summed E-state index contributed by atoms with van der Waals surface area (Å²) in [5.41, 5.74) is 0. The van der Waals surface area contributed by atoms with Crippen LogP contribution in [0.1, 0.15) is 6.92 Å². The van der Waals surface area contributed by atoms with Crippen LogP contribution in [0, 0.1) is 0 Å². The number of esters is 1. The number of hydrogen-bond donors (Lipinski definition) is 0. The van der Waals surface area contributed by atoms with Crippen LogP contribution in [0.15, 0.2) is 11.3 Å². The summed E-state index contributed by atoms with van der Waals surface area (Å²) in [5.74, 6) is -0.769.